The van der Waals surface area contributed by atoms with Gasteiger partial charge in [-0.15, -0.1) is 0 Å². The summed E-state index contributed by atoms with van der Waals surface area (Å²) in [4.78, 5) is 0. The summed E-state index contributed by atoms with van der Waals surface area (Å²) in [5.41, 5.74) is 0. The maximum absolute atomic E-state index is 4.24. The van der Waals surface area contributed by atoms with Crippen molar-refractivity contribution in [2.45, 2.75) is 0 Å². The van der Waals surface area contributed by atoms with E-state index in [2.05, 4.69) is 9.68 Å². The topological polar surface area (TPSA) is 24.4 Å². The SMILES string of the molecule is CN=S1CCNCC1. The third-order valence-electron chi connectivity index (χ3n) is 1.29. The minimum absolute atomic E-state index is 0.411. The van der Waals surface area contributed by atoms with Crippen LogP contribution in [0.2, 0.25) is 0 Å². The van der Waals surface area contributed by atoms with Crippen molar-refractivity contribution in [3.63, 3.8) is 0 Å². The first-order valence-electron chi connectivity index (χ1n) is 2.91. The Kier molecular flexibility index (Phi) is 2.49. The van der Waals surface area contributed by atoms with E-state index in [1.807, 2.05) is 7.05 Å². The monoisotopic (exact) mass is 132 g/mol. The molecule has 0 spiro atoms. The number of hydrogen-bond donors (Lipinski definition) is 1. The molecule has 1 aliphatic rings. The second kappa shape index (κ2) is 3.20. The minimum atomic E-state index is 0.411. The van der Waals surface area contributed by atoms with E-state index in [-0.39, 0.29) is 0 Å². The molecule has 0 unspecified atom stereocenters. The van der Waals surface area contributed by atoms with Crippen LogP contribution in [0.25, 0.3) is 0 Å². The Hall–Kier alpha value is 0.110. The summed E-state index contributed by atoms with van der Waals surface area (Å²) in [5.74, 6) is 2.52. The molecular weight excluding hydrogens is 120 g/mol. The Morgan fingerprint density at radius 2 is 2.00 bits per heavy atom. The molecule has 48 valence electrons. The zero-order valence-corrected chi connectivity index (χ0v) is 6.00. The first-order valence-corrected chi connectivity index (χ1v) is 4.43. The van der Waals surface area contributed by atoms with E-state index in [9.17, 15) is 0 Å². The van der Waals surface area contributed by atoms with Crippen molar-refractivity contribution < 1.29 is 0 Å². The Morgan fingerprint density at radius 1 is 1.38 bits per heavy atom. The number of nitrogens with one attached hydrogen (secondary N) is 1. The van der Waals surface area contributed by atoms with Crippen LogP contribution >= 0.6 is 0 Å². The van der Waals surface area contributed by atoms with Crippen LogP contribution in [0.1, 0.15) is 0 Å². The lowest BCUT2D eigenvalue weighted by Crippen LogP contribution is -2.32. The van der Waals surface area contributed by atoms with Gasteiger partial charge in [-0.1, -0.05) is 10.7 Å². The first-order chi connectivity index (χ1) is 3.93. The molecule has 0 bridgehead atoms. The van der Waals surface area contributed by atoms with Gasteiger partial charge in [0.25, 0.3) is 0 Å². The van der Waals surface area contributed by atoms with Gasteiger partial charge in [-0.2, -0.15) is 0 Å². The predicted octanol–water partition coefficient (Wildman–Crippen LogP) is 0.0213. The zero-order chi connectivity index (χ0) is 5.82. The summed E-state index contributed by atoms with van der Waals surface area (Å²) < 4.78 is 4.24. The molecule has 3 heteroatoms. The smallest absolute Gasteiger partial charge is 0.0346 e. The Morgan fingerprint density at radius 3 is 2.38 bits per heavy atom. The molecule has 0 saturated carbocycles. The average Bonchev–Trinajstić information content (AvgIpc) is 1.90. The Balaban J connectivity index is 2.33. The lowest BCUT2D eigenvalue weighted by atomic mass is 10.6. The van der Waals surface area contributed by atoms with E-state index in [4.69, 9.17) is 0 Å². The molecule has 1 aliphatic heterocycles. The molecule has 2 nitrogen and oxygen atoms in total. The molecule has 0 aliphatic carbocycles. The van der Waals surface area contributed by atoms with Crippen molar-refractivity contribution in [2.24, 2.45) is 4.36 Å². The second-order valence-electron chi connectivity index (χ2n) is 1.80. The predicted molar refractivity (Wildman–Crippen MR) is 38.3 cm³/mol. The molecular formula is C5H12N2S. The van der Waals surface area contributed by atoms with E-state index >= 15 is 0 Å². The minimum Gasteiger partial charge on any atom is -0.315 e. The number of rotatable bonds is 0. The van der Waals surface area contributed by atoms with Crippen LogP contribution in [0.3, 0.4) is 0 Å². The van der Waals surface area contributed by atoms with Crippen LogP contribution in [0, 0.1) is 0 Å². The van der Waals surface area contributed by atoms with Crippen molar-refractivity contribution in [3.05, 3.63) is 0 Å². The highest BCUT2D eigenvalue weighted by Crippen LogP contribution is 1.90. The van der Waals surface area contributed by atoms with Gasteiger partial charge in [0, 0.05) is 31.6 Å². The number of hydrogen-bond acceptors (Lipinski definition) is 2. The van der Waals surface area contributed by atoms with Crippen LogP contribution < -0.4 is 5.32 Å². The fourth-order valence-electron chi connectivity index (χ4n) is 0.790. The zero-order valence-electron chi connectivity index (χ0n) is 5.18. The van der Waals surface area contributed by atoms with Crippen molar-refractivity contribution in [3.8, 4) is 0 Å². The van der Waals surface area contributed by atoms with Crippen molar-refractivity contribution >= 4 is 10.7 Å². The quantitative estimate of drug-likeness (QED) is 0.494. The Labute approximate surface area is 52.8 Å². The average molecular weight is 132 g/mol. The fraction of sp³-hybridized carbons (Fsp3) is 1.00. The largest absolute Gasteiger partial charge is 0.315 e. The summed E-state index contributed by atoms with van der Waals surface area (Å²) in [6.07, 6.45) is 0. The maximum Gasteiger partial charge on any atom is 0.0346 e. The summed E-state index contributed by atoms with van der Waals surface area (Å²) in [5, 5.41) is 3.30. The van der Waals surface area contributed by atoms with Gasteiger partial charge < -0.3 is 5.32 Å². The van der Waals surface area contributed by atoms with Gasteiger partial charge >= 0.3 is 0 Å². The third kappa shape index (κ3) is 1.56. The molecule has 1 fully saturated rings. The first kappa shape index (κ1) is 6.23. The van der Waals surface area contributed by atoms with Gasteiger partial charge in [-0.3, -0.25) is 4.36 Å². The van der Waals surface area contributed by atoms with Crippen LogP contribution in [0.4, 0.5) is 0 Å². The molecule has 1 saturated heterocycles. The molecule has 0 aromatic carbocycles. The van der Waals surface area contributed by atoms with Gasteiger partial charge in [0.2, 0.25) is 0 Å². The Bertz CT molecular complexity index is 92.6. The third-order valence-corrected chi connectivity index (χ3v) is 3.15. The van der Waals surface area contributed by atoms with E-state index < -0.39 is 0 Å². The highest BCUT2D eigenvalue weighted by molar-refractivity contribution is 7.87. The van der Waals surface area contributed by atoms with Crippen molar-refractivity contribution in [1.82, 2.24) is 5.32 Å². The highest BCUT2D eigenvalue weighted by Gasteiger charge is 2.01. The van der Waals surface area contributed by atoms with Gasteiger partial charge in [0.1, 0.15) is 0 Å². The van der Waals surface area contributed by atoms with Crippen molar-refractivity contribution in [1.29, 1.82) is 0 Å². The molecule has 1 N–H and O–H groups in total. The molecule has 0 amide bonds. The second-order valence-corrected chi connectivity index (χ2v) is 3.91. The van der Waals surface area contributed by atoms with E-state index in [0.29, 0.717) is 10.7 Å². The lowest BCUT2D eigenvalue weighted by molar-refractivity contribution is 0.752. The normalized spacial score (nSPS) is 23.1. The summed E-state index contributed by atoms with van der Waals surface area (Å²) in [6, 6.07) is 0. The maximum atomic E-state index is 4.24. The van der Waals surface area contributed by atoms with Gasteiger partial charge in [-0.05, 0) is 0 Å². The summed E-state index contributed by atoms with van der Waals surface area (Å²) in [7, 11) is 2.34. The van der Waals surface area contributed by atoms with Crippen LogP contribution in [-0.4, -0.2) is 31.6 Å². The molecule has 0 radical (unpaired) electrons. The molecule has 0 aromatic heterocycles. The van der Waals surface area contributed by atoms with Crippen LogP contribution in [0.15, 0.2) is 4.36 Å². The van der Waals surface area contributed by atoms with Crippen molar-refractivity contribution in [2.75, 3.05) is 31.6 Å². The van der Waals surface area contributed by atoms with Crippen LogP contribution in [-0.2, 0) is 10.7 Å². The molecule has 8 heavy (non-hydrogen) atoms. The van der Waals surface area contributed by atoms with E-state index in [0.717, 1.165) is 0 Å². The van der Waals surface area contributed by atoms with E-state index in [1.54, 1.807) is 0 Å². The molecule has 1 heterocycles. The summed E-state index contributed by atoms with van der Waals surface area (Å²) in [6.45, 7) is 2.33. The highest BCUT2D eigenvalue weighted by atomic mass is 32.2. The lowest BCUT2D eigenvalue weighted by Gasteiger charge is -2.13. The van der Waals surface area contributed by atoms with E-state index in [1.165, 1.54) is 24.6 Å². The molecule has 0 aromatic rings. The molecule has 1 rings (SSSR count). The number of nitrogens with zero attached hydrogens (tertiary/aromatic N) is 1. The summed E-state index contributed by atoms with van der Waals surface area (Å²) >= 11 is 0. The van der Waals surface area contributed by atoms with Gasteiger partial charge in [-0.25, -0.2) is 0 Å². The van der Waals surface area contributed by atoms with Gasteiger partial charge in [0.15, 0.2) is 0 Å². The molecule has 0 atom stereocenters. The van der Waals surface area contributed by atoms with Gasteiger partial charge in [0.05, 0.1) is 0 Å². The van der Waals surface area contributed by atoms with Crippen LogP contribution in [0.5, 0.6) is 0 Å². The standard InChI is InChI=1S/C5H12N2S/c1-6-8-4-2-7-3-5-8/h7H,2-5H2,1H3. The fourth-order valence-corrected chi connectivity index (χ4v) is 2.12.